The highest BCUT2D eigenvalue weighted by Gasteiger charge is 2.28. The zero-order valence-corrected chi connectivity index (χ0v) is 21.0. The number of nitrogens with zero attached hydrogens (tertiary/aromatic N) is 3. The summed E-state index contributed by atoms with van der Waals surface area (Å²) in [6, 6.07) is 10.1. The zero-order valence-electron chi connectivity index (χ0n) is 19.4. The van der Waals surface area contributed by atoms with Crippen LogP contribution in [0.3, 0.4) is 0 Å². The molecule has 2 aromatic carbocycles. The molecule has 3 N–H and O–H groups in total. The Balaban J connectivity index is 1.57. The second-order valence-corrected chi connectivity index (χ2v) is 10.8. The van der Waals surface area contributed by atoms with Crippen LogP contribution in [0.25, 0.3) is 11.8 Å². The van der Waals surface area contributed by atoms with Crippen LogP contribution in [0.15, 0.2) is 85.9 Å². The van der Waals surface area contributed by atoms with E-state index in [9.17, 15) is 26.4 Å². The fraction of sp³-hybridized carbons (Fsp3) is 0.0870. The first-order valence-corrected chi connectivity index (χ1v) is 13.4. The Morgan fingerprint density at radius 2 is 1.35 bits per heavy atom. The van der Waals surface area contributed by atoms with Crippen LogP contribution in [0.4, 0.5) is 5.69 Å². The summed E-state index contributed by atoms with van der Waals surface area (Å²) >= 11 is 0. The standard InChI is InChI=1S/C23H20N4O8S2/c1-14-20(22(28)26(24-14)16-6-10-18(11-7-16)36(30,31)32)4-3-5-21-15(2)25-27(23(21)29)17-8-12-19(13-9-17)37(33,34)35/h3-13,24H,1-2H3,(H,30,31,32)(H,33,34,35)/b4-3+,21-5-. The van der Waals surface area contributed by atoms with Crippen molar-refractivity contribution in [3.8, 4) is 5.69 Å². The number of carbonyl (C=O) groups excluding carboxylic acids is 1. The third kappa shape index (κ3) is 5.22. The maximum atomic E-state index is 12.9. The van der Waals surface area contributed by atoms with Crippen molar-refractivity contribution >= 4 is 43.6 Å². The van der Waals surface area contributed by atoms with Crippen molar-refractivity contribution in [3.63, 3.8) is 0 Å². The molecule has 1 aliphatic heterocycles. The largest absolute Gasteiger partial charge is 0.295 e. The first-order valence-electron chi connectivity index (χ1n) is 10.5. The van der Waals surface area contributed by atoms with Crippen LogP contribution in [0, 0.1) is 6.92 Å². The van der Waals surface area contributed by atoms with E-state index in [1.54, 1.807) is 13.8 Å². The van der Waals surface area contributed by atoms with Gasteiger partial charge < -0.3 is 0 Å². The molecule has 14 heteroatoms. The van der Waals surface area contributed by atoms with Crippen LogP contribution in [0.2, 0.25) is 0 Å². The molecule has 1 amide bonds. The number of hydrogen-bond donors (Lipinski definition) is 3. The van der Waals surface area contributed by atoms with E-state index in [1.807, 2.05) is 0 Å². The number of benzene rings is 2. The smallest absolute Gasteiger partial charge is 0.294 e. The Morgan fingerprint density at radius 3 is 1.86 bits per heavy atom. The molecule has 3 aromatic rings. The molecular formula is C23H20N4O8S2. The van der Waals surface area contributed by atoms with E-state index in [4.69, 9.17) is 9.11 Å². The van der Waals surface area contributed by atoms with Crippen molar-refractivity contribution in [1.29, 1.82) is 0 Å². The molecule has 0 saturated heterocycles. The maximum absolute atomic E-state index is 12.9. The van der Waals surface area contributed by atoms with Crippen LogP contribution in [-0.2, 0) is 25.0 Å². The average molecular weight is 545 g/mol. The molecule has 0 saturated carbocycles. The predicted octanol–water partition coefficient (Wildman–Crippen LogP) is 2.33. The van der Waals surface area contributed by atoms with Gasteiger partial charge in [-0.05, 0) is 74.5 Å². The first-order chi connectivity index (χ1) is 17.3. The monoisotopic (exact) mass is 544 g/mol. The van der Waals surface area contributed by atoms with Crippen molar-refractivity contribution in [2.75, 3.05) is 5.01 Å². The molecule has 2 heterocycles. The highest BCUT2D eigenvalue weighted by Crippen LogP contribution is 2.25. The Morgan fingerprint density at radius 1 is 0.838 bits per heavy atom. The predicted molar refractivity (Wildman–Crippen MR) is 135 cm³/mol. The van der Waals surface area contributed by atoms with Crippen molar-refractivity contribution in [1.82, 2.24) is 9.78 Å². The van der Waals surface area contributed by atoms with Gasteiger partial charge in [-0.15, -0.1) is 0 Å². The van der Waals surface area contributed by atoms with E-state index in [0.29, 0.717) is 28.3 Å². The van der Waals surface area contributed by atoms with Gasteiger partial charge in [-0.25, -0.2) is 4.68 Å². The Kier molecular flexibility index (Phi) is 6.60. The lowest BCUT2D eigenvalue weighted by Gasteiger charge is -2.11. The molecule has 1 aliphatic rings. The molecule has 192 valence electrons. The number of carbonyl (C=O) groups is 1. The third-order valence-corrected chi connectivity index (χ3v) is 7.21. The van der Waals surface area contributed by atoms with Gasteiger partial charge in [0.05, 0.1) is 38.0 Å². The van der Waals surface area contributed by atoms with Gasteiger partial charge in [0.1, 0.15) is 0 Å². The lowest BCUT2D eigenvalue weighted by Crippen LogP contribution is -2.21. The van der Waals surface area contributed by atoms with Crippen LogP contribution < -0.4 is 10.6 Å². The lowest BCUT2D eigenvalue weighted by molar-refractivity contribution is -0.114. The maximum Gasteiger partial charge on any atom is 0.294 e. The highest BCUT2D eigenvalue weighted by molar-refractivity contribution is 7.86. The van der Waals surface area contributed by atoms with E-state index in [2.05, 4.69) is 10.2 Å². The van der Waals surface area contributed by atoms with E-state index in [-0.39, 0.29) is 15.4 Å². The number of aromatic nitrogens is 2. The molecule has 0 spiro atoms. The molecule has 0 fully saturated rings. The fourth-order valence-corrected chi connectivity index (χ4v) is 4.55. The number of rotatable bonds is 6. The number of hydrazone groups is 1. The fourth-order valence-electron chi connectivity index (χ4n) is 3.59. The SMILES string of the molecule is CC1=NN(c2ccc(S(=O)(=O)O)cc2)C(=O)/C1=C\C=C\c1c(C)[nH]n(-c2ccc(S(=O)(=O)O)cc2)c1=O. The number of amides is 1. The second kappa shape index (κ2) is 9.40. The van der Waals surface area contributed by atoms with Crippen molar-refractivity contribution < 1.29 is 30.7 Å². The summed E-state index contributed by atoms with van der Waals surface area (Å²) in [6.07, 6.45) is 4.51. The minimum absolute atomic E-state index is 0.254. The summed E-state index contributed by atoms with van der Waals surface area (Å²) in [5, 5.41) is 8.17. The number of aryl methyl sites for hydroxylation is 1. The summed E-state index contributed by atoms with van der Waals surface area (Å²) in [4.78, 5) is 25.1. The normalized spacial score (nSPS) is 15.7. The zero-order chi connectivity index (χ0) is 27.1. The van der Waals surface area contributed by atoms with Gasteiger partial charge in [0, 0.05) is 5.69 Å². The molecule has 0 unspecified atom stereocenters. The number of allylic oxidation sites excluding steroid dienone is 2. The summed E-state index contributed by atoms with van der Waals surface area (Å²) in [7, 11) is -8.74. The number of anilines is 1. The summed E-state index contributed by atoms with van der Waals surface area (Å²) in [6.45, 7) is 3.29. The topological polar surface area (TPSA) is 179 Å². The van der Waals surface area contributed by atoms with E-state index < -0.39 is 31.7 Å². The van der Waals surface area contributed by atoms with E-state index in [0.717, 1.165) is 17.1 Å². The summed E-state index contributed by atoms with van der Waals surface area (Å²) in [5.41, 5.74) is 1.70. The van der Waals surface area contributed by atoms with Gasteiger partial charge in [-0.2, -0.15) is 26.9 Å². The molecule has 0 radical (unpaired) electrons. The van der Waals surface area contributed by atoms with E-state index in [1.165, 1.54) is 59.3 Å². The summed E-state index contributed by atoms with van der Waals surface area (Å²) in [5.74, 6) is -0.469. The van der Waals surface area contributed by atoms with Crippen molar-refractivity contribution in [2.24, 2.45) is 5.10 Å². The lowest BCUT2D eigenvalue weighted by atomic mass is 10.1. The Bertz CT molecular complexity index is 1760. The molecule has 12 nitrogen and oxygen atoms in total. The quantitative estimate of drug-likeness (QED) is 0.312. The molecule has 0 aliphatic carbocycles. The average Bonchev–Trinajstić information content (AvgIpc) is 3.28. The second-order valence-electron chi connectivity index (χ2n) is 7.97. The van der Waals surface area contributed by atoms with Crippen LogP contribution in [0.1, 0.15) is 18.2 Å². The molecule has 0 bridgehead atoms. The van der Waals surface area contributed by atoms with Gasteiger partial charge in [0.2, 0.25) is 0 Å². The van der Waals surface area contributed by atoms with Gasteiger partial charge in [-0.1, -0.05) is 6.08 Å². The van der Waals surface area contributed by atoms with Gasteiger partial charge in [0.25, 0.3) is 31.7 Å². The number of H-pyrrole nitrogens is 1. The number of hydrogen-bond acceptors (Lipinski definition) is 7. The molecule has 0 atom stereocenters. The van der Waals surface area contributed by atoms with Gasteiger partial charge in [-0.3, -0.25) is 23.8 Å². The van der Waals surface area contributed by atoms with Crippen molar-refractivity contribution in [2.45, 2.75) is 23.6 Å². The van der Waals surface area contributed by atoms with Crippen LogP contribution in [-0.4, -0.2) is 47.3 Å². The van der Waals surface area contributed by atoms with Gasteiger partial charge >= 0.3 is 0 Å². The molecule has 1 aromatic heterocycles. The number of aromatic amines is 1. The highest BCUT2D eigenvalue weighted by atomic mass is 32.2. The minimum Gasteiger partial charge on any atom is -0.295 e. The van der Waals surface area contributed by atoms with Gasteiger partial charge in [0.15, 0.2) is 0 Å². The minimum atomic E-state index is -4.37. The first kappa shape index (κ1) is 26.0. The van der Waals surface area contributed by atoms with E-state index >= 15 is 0 Å². The van der Waals surface area contributed by atoms with Crippen LogP contribution in [0.5, 0.6) is 0 Å². The molecule has 4 rings (SSSR count). The molecular weight excluding hydrogens is 524 g/mol. The Labute approximate surface area is 211 Å². The third-order valence-electron chi connectivity index (χ3n) is 5.48. The Hall–Kier alpha value is -4.11. The molecule has 37 heavy (non-hydrogen) atoms. The number of nitrogens with one attached hydrogen (secondary N) is 1. The van der Waals surface area contributed by atoms with Crippen LogP contribution >= 0.6 is 0 Å². The summed E-state index contributed by atoms with van der Waals surface area (Å²) < 4.78 is 64.3. The van der Waals surface area contributed by atoms with Crippen molar-refractivity contribution in [3.05, 3.63) is 87.9 Å².